The Morgan fingerprint density at radius 3 is 2.10 bits per heavy atom. The third-order valence-electron chi connectivity index (χ3n) is 4.76. The average Bonchev–Trinajstić information content (AvgIpc) is 3.07. The lowest BCUT2D eigenvalue weighted by Gasteiger charge is -2.20. The zero-order valence-electron chi connectivity index (χ0n) is 16.2. The van der Waals surface area contributed by atoms with Crippen LogP contribution in [0.15, 0.2) is 0 Å². The van der Waals surface area contributed by atoms with Crippen LogP contribution in [0.3, 0.4) is 0 Å². The van der Waals surface area contributed by atoms with Gasteiger partial charge >= 0.3 is 5.97 Å². The van der Waals surface area contributed by atoms with E-state index in [1.165, 1.54) is 7.11 Å². The molecule has 0 saturated carbocycles. The van der Waals surface area contributed by atoms with Crippen LogP contribution in [0.5, 0.6) is 28.7 Å². The third kappa shape index (κ3) is 3.50. The quantitative estimate of drug-likeness (QED) is 0.416. The number of phenols is 2. The Hall–Kier alpha value is -1.73. The zero-order chi connectivity index (χ0) is 22.3. The van der Waals surface area contributed by atoms with E-state index < -0.39 is 17.8 Å². The van der Waals surface area contributed by atoms with Gasteiger partial charge in [-0.1, -0.05) is 66.7 Å². The summed E-state index contributed by atoms with van der Waals surface area (Å²) in [4.78, 5) is 12.6. The molecule has 0 unspecified atom stereocenters. The maximum Gasteiger partial charge on any atom is 0.343 e. The molecule has 0 aromatic heterocycles. The molecule has 1 aliphatic rings. The number of carbonyl (C=O) groups is 1. The first-order valence-corrected chi connectivity index (χ1v) is 10.6. The van der Waals surface area contributed by atoms with Crippen LogP contribution in [0.25, 0.3) is 0 Å². The minimum atomic E-state index is -0.692. The molecule has 162 valence electrons. The van der Waals surface area contributed by atoms with Crippen molar-refractivity contribution in [3.63, 3.8) is 0 Å². The summed E-state index contributed by atoms with van der Waals surface area (Å²) < 4.78 is 16.7. The normalized spacial score (nSPS) is 15.2. The van der Waals surface area contributed by atoms with Crippen molar-refractivity contribution in [2.75, 3.05) is 7.11 Å². The highest BCUT2D eigenvalue weighted by atomic mass is 35.5. The van der Waals surface area contributed by atoms with Gasteiger partial charge in [0.05, 0.1) is 17.2 Å². The van der Waals surface area contributed by atoms with Gasteiger partial charge in [0.25, 0.3) is 0 Å². The van der Waals surface area contributed by atoms with Gasteiger partial charge in [0, 0.05) is 11.1 Å². The topological polar surface area (TPSA) is 85.2 Å². The zero-order valence-corrected chi connectivity index (χ0v) is 19.3. The number of hydrogen-bond acceptors (Lipinski definition) is 6. The van der Waals surface area contributed by atoms with Crippen molar-refractivity contribution in [3.8, 4) is 28.7 Å². The minimum absolute atomic E-state index is 0.000297. The van der Waals surface area contributed by atoms with Crippen molar-refractivity contribution < 1.29 is 29.2 Å². The Balaban J connectivity index is 2.32. The molecular weight excluding hydrogens is 478 g/mol. The summed E-state index contributed by atoms with van der Waals surface area (Å²) >= 11 is 25.0. The number of carbonyl (C=O) groups excluding carboxylic acids is 1. The van der Waals surface area contributed by atoms with E-state index in [0.717, 1.165) is 0 Å². The number of fused-ring (bicyclic) bond motifs is 1. The summed E-state index contributed by atoms with van der Waals surface area (Å²) in [7, 11) is 1.34. The molecule has 10 heteroatoms. The molecule has 0 fully saturated rings. The number of ether oxygens (including phenoxy) is 3. The first-order chi connectivity index (χ1) is 14.2. The number of methoxy groups -OCH3 is 1. The SMILES string of the molecule is CCCc1c(Cl)c(O)c(Cl)c(OC)c1Oc1c(Cl)c(O)c(Cl)c2c1C(=O)O[C@@H]2CC. The van der Waals surface area contributed by atoms with E-state index in [2.05, 4.69) is 0 Å². The van der Waals surface area contributed by atoms with Gasteiger partial charge in [-0.25, -0.2) is 4.79 Å². The lowest BCUT2D eigenvalue weighted by Crippen LogP contribution is -2.03. The largest absolute Gasteiger partial charge is 0.505 e. The number of halogens is 4. The van der Waals surface area contributed by atoms with E-state index in [9.17, 15) is 15.0 Å². The lowest BCUT2D eigenvalue weighted by atomic mass is 10.0. The van der Waals surface area contributed by atoms with E-state index in [1.807, 2.05) is 6.92 Å². The Labute approximate surface area is 193 Å². The second-order valence-electron chi connectivity index (χ2n) is 6.57. The molecule has 2 N–H and O–H groups in total. The number of esters is 1. The van der Waals surface area contributed by atoms with Crippen LogP contribution in [0.1, 0.15) is 54.3 Å². The van der Waals surface area contributed by atoms with Crippen LogP contribution in [0.4, 0.5) is 0 Å². The molecule has 0 saturated heterocycles. The smallest absolute Gasteiger partial charge is 0.343 e. The molecule has 6 nitrogen and oxygen atoms in total. The van der Waals surface area contributed by atoms with Crippen molar-refractivity contribution in [2.45, 2.75) is 39.2 Å². The van der Waals surface area contributed by atoms with E-state index >= 15 is 0 Å². The highest BCUT2D eigenvalue weighted by Gasteiger charge is 2.40. The Morgan fingerprint density at radius 1 is 0.933 bits per heavy atom. The summed E-state index contributed by atoms with van der Waals surface area (Å²) in [6, 6.07) is 0. The van der Waals surface area contributed by atoms with Crippen LogP contribution in [0, 0.1) is 0 Å². The molecule has 0 bridgehead atoms. The van der Waals surface area contributed by atoms with Gasteiger partial charge in [0.15, 0.2) is 28.7 Å². The second kappa shape index (κ2) is 8.79. The summed E-state index contributed by atoms with van der Waals surface area (Å²) in [6.45, 7) is 3.71. The number of hydrogen-bond donors (Lipinski definition) is 2. The standard InChI is InChI=1S/C20H18Cl4O6/c1-4-6-7-11(21)15(25)14(24)19(28-3)17(7)30-18-10-9(8(5-2)29-20(10)27)12(22)16(26)13(18)23/h8,25-26H,4-6H2,1-3H3/t8-/m1/s1. The van der Waals surface area contributed by atoms with Gasteiger partial charge < -0.3 is 24.4 Å². The number of aromatic hydroxyl groups is 2. The molecule has 1 aliphatic heterocycles. The van der Waals surface area contributed by atoms with E-state index in [1.54, 1.807) is 6.92 Å². The summed E-state index contributed by atoms with van der Waals surface area (Å²) in [5, 5.41) is 20.2. The van der Waals surface area contributed by atoms with Crippen molar-refractivity contribution in [1.29, 1.82) is 0 Å². The molecule has 1 atom stereocenters. The van der Waals surface area contributed by atoms with Crippen LogP contribution >= 0.6 is 46.4 Å². The molecule has 30 heavy (non-hydrogen) atoms. The highest BCUT2D eigenvalue weighted by Crippen LogP contribution is 2.56. The molecule has 0 spiro atoms. The fraction of sp³-hybridized carbons (Fsp3) is 0.350. The summed E-state index contributed by atoms with van der Waals surface area (Å²) in [5.41, 5.74) is 0.683. The Kier molecular flexibility index (Phi) is 6.72. The fourth-order valence-corrected chi connectivity index (χ4v) is 4.52. The van der Waals surface area contributed by atoms with Crippen molar-refractivity contribution >= 4 is 52.4 Å². The van der Waals surface area contributed by atoms with Crippen molar-refractivity contribution in [3.05, 3.63) is 36.8 Å². The molecular formula is C20H18Cl4O6. The maximum atomic E-state index is 12.6. The van der Waals surface area contributed by atoms with E-state index in [0.29, 0.717) is 24.8 Å². The average molecular weight is 496 g/mol. The Morgan fingerprint density at radius 2 is 1.53 bits per heavy atom. The monoisotopic (exact) mass is 494 g/mol. The van der Waals surface area contributed by atoms with Crippen LogP contribution in [-0.4, -0.2) is 23.3 Å². The molecule has 0 radical (unpaired) electrons. The highest BCUT2D eigenvalue weighted by molar-refractivity contribution is 6.40. The molecule has 0 aliphatic carbocycles. The first kappa shape index (κ1) is 22.9. The van der Waals surface area contributed by atoms with Gasteiger partial charge in [0.2, 0.25) is 0 Å². The molecule has 2 aromatic carbocycles. The second-order valence-corrected chi connectivity index (χ2v) is 8.08. The summed E-state index contributed by atoms with van der Waals surface area (Å²) in [6.07, 6.45) is 0.823. The summed E-state index contributed by atoms with van der Waals surface area (Å²) in [5.74, 6) is -1.60. The lowest BCUT2D eigenvalue weighted by molar-refractivity contribution is 0.0377. The predicted molar refractivity (Wildman–Crippen MR) is 115 cm³/mol. The molecule has 1 heterocycles. The molecule has 3 rings (SSSR count). The van der Waals surface area contributed by atoms with Crippen molar-refractivity contribution in [2.24, 2.45) is 0 Å². The minimum Gasteiger partial charge on any atom is -0.505 e. The molecule has 2 aromatic rings. The van der Waals surface area contributed by atoms with Crippen LogP contribution in [0.2, 0.25) is 20.1 Å². The predicted octanol–water partition coefficient (Wildman–Crippen LogP) is 7.09. The van der Waals surface area contributed by atoms with Gasteiger partial charge in [-0.3, -0.25) is 0 Å². The Bertz CT molecular complexity index is 1040. The van der Waals surface area contributed by atoms with Gasteiger partial charge in [-0.2, -0.15) is 0 Å². The van der Waals surface area contributed by atoms with Gasteiger partial charge in [-0.05, 0) is 12.8 Å². The third-order valence-corrected chi connectivity index (χ3v) is 6.25. The van der Waals surface area contributed by atoms with Crippen LogP contribution < -0.4 is 9.47 Å². The number of rotatable bonds is 6. The number of benzene rings is 2. The van der Waals surface area contributed by atoms with E-state index in [-0.39, 0.29) is 54.2 Å². The van der Waals surface area contributed by atoms with E-state index in [4.69, 9.17) is 60.6 Å². The molecule has 0 amide bonds. The van der Waals surface area contributed by atoms with Gasteiger partial charge in [0.1, 0.15) is 21.7 Å². The maximum absolute atomic E-state index is 12.6. The fourth-order valence-electron chi connectivity index (χ4n) is 3.36. The van der Waals surface area contributed by atoms with Crippen molar-refractivity contribution in [1.82, 2.24) is 0 Å². The van der Waals surface area contributed by atoms with Crippen LogP contribution in [-0.2, 0) is 11.2 Å². The first-order valence-electron chi connectivity index (χ1n) is 9.08. The van der Waals surface area contributed by atoms with Gasteiger partial charge in [-0.15, -0.1) is 0 Å². The number of phenolic OH excluding ortho intramolecular Hbond substituents is 2. The number of cyclic esters (lactones) is 1.